The molecule has 26 heavy (non-hydrogen) atoms. The first kappa shape index (κ1) is 19.4. The Morgan fingerprint density at radius 2 is 1.65 bits per heavy atom. The number of hydrogen-bond donors (Lipinski definition) is 0. The van der Waals surface area contributed by atoms with Crippen LogP contribution >= 0.6 is 0 Å². The van der Waals surface area contributed by atoms with Gasteiger partial charge < -0.3 is 14.4 Å². The average Bonchev–Trinajstić information content (AvgIpc) is 2.66. The molecule has 1 fully saturated rings. The Kier molecular flexibility index (Phi) is 6.26. The maximum atomic E-state index is 12.3. The first-order chi connectivity index (χ1) is 12.3. The van der Waals surface area contributed by atoms with E-state index in [0.29, 0.717) is 13.1 Å². The largest absolute Gasteiger partial charge is 0.465 e. The van der Waals surface area contributed by atoms with Gasteiger partial charge in [0.2, 0.25) is 0 Å². The van der Waals surface area contributed by atoms with E-state index in [2.05, 4.69) is 4.74 Å². The second-order valence-electron chi connectivity index (χ2n) is 5.95. The van der Waals surface area contributed by atoms with Crippen LogP contribution in [0.5, 0.6) is 0 Å². The van der Waals surface area contributed by atoms with Gasteiger partial charge in [0.05, 0.1) is 23.2 Å². The van der Waals surface area contributed by atoms with Gasteiger partial charge in [-0.2, -0.15) is 0 Å². The third-order valence-electron chi connectivity index (χ3n) is 4.08. The van der Waals surface area contributed by atoms with Crippen molar-refractivity contribution in [1.82, 2.24) is 4.90 Å². The van der Waals surface area contributed by atoms with Gasteiger partial charge in [-0.05, 0) is 32.3 Å². The summed E-state index contributed by atoms with van der Waals surface area (Å²) in [4.78, 5) is 48.2. The number of hydrogen-bond acceptors (Lipinski definition) is 7. The van der Waals surface area contributed by atoms with Crippen LogP contribution in [0.1, 0.15) is 46.9 Å². The number of non-ortho nitro benzene ring substituents is 1. The van der Waals surface area contributed by atoms with E-state index in [4.69, 9.17) is 4.74 Å². The van der Waals surface area contributed by atoms with Gasteiger partial charge in [-0.25, -0.2) is 9.59 Å². The molecule has 1 aromatic carbocycles. The number of nitro benzene ring substituents is 1. The zero-order valence-corrected chi connectivity index (χ0v) is 14.6. The Morgan fingerprint density at radius 3 is 2.19 bits per heavy atom. The molecule has 2 rings (SSSR count). The highest BCUT2D eigenvalue weighted by molar-refractivity contribution is 5.97. The number of piperidine rings is 1. The lowest BCUT2D eigenvalue weighted by Crippen LogP contribution is -2.42. The van der Waals surface area contributed by atoms with Crippen LogP contribution in [-0.2, 0) is 14.3 Å². The third-order valence-corrected chi connectivity index (χ3v) is 4.08. The third kappa shape index (κ3) is 4.56. The number of nitro groups is 1. The fraction of sp³-hybridized carbons (Fsp3) is 0.471. The van der Waals surface area contributed by atoms with Gasteiger partial charge >= 0.3 is 11.9 Å². The van der Waals surface area contributed by atoms with Crippen molar-refractivity contribution in [3.8, 4) is 0 Å². The van der Waals surface area contributed by atoms with Crippen LogP contribution in [0.2, 0.25) is 0 Å². The zero-order chi connectivity index (χ0) is 19.3. The number of likely N-dealkylation sites (tertiary alicyclic amines) is 1. The molecule has 140 valence electrons. The Labute approximate surface area is 150 Å². The number of esters is 2. The lowest BCUT2D eigenvalue weighted by atomic mass is 10.1. The van der Waals surface area contributed by atoms with Crippen molar-refractivity contribution in [3.63, 3.8) is 0 Å². The molecule has 0 aliphatic carbocycles. The van der Waals surface area contributed by atoms with Gasteiger partial charge in [0.15, 0.2) is 6.10 Å². The van der Waals surface area contributed by atoms with Crippen molar-refractivity contribution in [2.24, 2.45) is 0 Å². The minimum atomic E-state index is -1.03. The molecule has 1 saturated heterocycles. The zero-order valence-electron chi connectivity index (χ0n) is 14.6. The first-order valence-corrected chi connectivity index (χ1v) is 8.21. The quantitative estimate of drug-likeness (QED) is 0.445. The molecule has 0 spiro atoms. The number of nitrogens with zero attached hydrogens (tertiary/aromatic N) is 2. The maximum Gasteiger partial charge on any atom is 0.339 e. The van der Waals surface area contributed by atoms with Crippen molar-refractivity contribution >= 4 is 23.5 Å². The Hall–Kier alpha value is -2.97. The molecule has 1 heterocycles. The molecule has 1 aromatic rings. The summed E-state index contributed by atoms with van der Waals surface area (Å²) in [6.07, 6.45) is 1.84. The summed E-state index contributed by atoms with van der Waals surface area (Å²) in [5, 5.41) is 11.0. The van der Waals surface area contributed by atoms with Crippen LogP contribution in [0.25, 0.3) is 0 Å². The van der Waals surface area contributed by atoms with Gasteiger partial charge in [-0.15, -0.1) is 0 Å². The number of ether oxygens (including phenoxy) is 2. The summed E-state index contributed by atoms with van der Waals surface area (Å²) in [7, 11) is 1.12. The highest BCUT2D eigenvalue weighted by Crippen LogP contribution is 2.20. The van der Waals surface area contributed by atoms with Crippen LogP contribution in [0.15, 0.2) is 18.2 Å². The number of benzene rings is 1. The summed E-state index contributed by atoms with van der Waals surface area (Å²) < 4.78 is 9.68. The van der Waals surface area contributed by atoms with Crippen LogP contribution in [0, 0.1) is 10.1 Å². The van der Waals surface area contributed by atoms with Gasteiger partial charge in [-0.3, -0.25) is 14.9 Å². The molecule has 1 amide bonds. The summed E-state index contributed by atoms with van der Waals surface area (Å²) in [5.74, 6) is -2.05. The van der Waals surface area contributed by atoms with Crippen molar-refractivity contribution in [2.75, 3.05) is 20.2 Å². The number of methoxy groups -OCH3 is 1. The van der Waals surface area contributed by atoms with E-state index in [0.717, 1.165) is 44.6 Å². The molecule has 1 aliphatic heterocycles. The SMILES string of the molecule is COC(=O)c1cc(C(=O)O[C@@H](C)C(=O)N2CCCCC2)cc([N+](=O)[O-])c1. The molecule has 0 aromatic heterocycles. The highest BCUT2D eigenvalue weighted by atomic mass is 16.6. The van der Waals surface area contributed by atoms with E-state index in [1.54, 1.807) is 4.90 Å². The normalized spacial score (nSPS) is 15.1. The van der Waals surface area contributed by atoms with Crippen LogP contribution in [-0.4, -0.2) is 54.0 Å². The molecule has 9 nitrogen and oxygen atoms in total. The summed E-state index contributed by atoms with van der Waals surface area (Å²) in [6.45, 7) is 2.68. The summed E-state index contributed by atoms with van der Waals surface area (Å²) in [6, 6.07) is 3.14. The number of carbonyl (C=O) groups is 3. The second kappa shape index (κ2) is 8.41. The molecule has 0 bridgehead atoms. The second-order valence-corrected chi connectivity index (χ2v) is 5.95. The number of carbonyl (C=O) groups excluding carboxylic acids is 3. The minimum Gasteiger partial charge on any atom is -0.465 e. The first-order valence-electron chi connectivity index (χ1n) is 8.21. The number of amides is 1. The molecule has 1 aliphatic rings. The van der Waals surface area contributed by atoms with E-state index in [9.17, 15) is 24.5 Å². The highest BCUT2D eigenvalue weighted by Gasteiger charge is 2.26. The van der Waals surface area contributed by atoms with E-state index in [1.807, 2.05) is 0 Å². The average molecular weight is 364 g/mol. The maximum absolute atomic E-state index is 12.3. The predicted molar refractivity (Wildman–Crippen MR) is 89.7 cm³/mol. The fourth-order valence-corrected chi connectivity index (χ4v) is 2.72. The van der Waals surface area contributed by atoms with Crippen molar-refractivity contribution < 1.29 is 28.8 Å². The predicted octanol–water partition coefficient (Wildman–Crippen LogP) is 1.94. The molecule has 0 N–H and O–H groups in total. The molecular weight excluding hydrogens is 344 g/mol. The molecular formula is C17H20N2O7. The van der Waals surface area contributed by atoms with Crippen LogP contribution in [0.4, 0.5) is 5.69 Å². The fourth-order valence-electron chi connectivity index (χ4n) is 2.72. The van der Waals surface area contributed by atoms with Crippen LogP contribution in [0.3, 0.4) is 0 Å². The van der Waals surface area contributed by atoms with Gasteiger partial charge in [0, 0.05) is 25.2 Å². The van der Waals surface area contributed by atoms with E-state index in [1.165, 1.54) is 6.92 Å². The number of rotatable bonds is 5. The molecule has 1 atom stereocenters. The molecule has 0 radical (unpaired) electrons. The van der Waals surface area contributed by atoms with Crippen molar-refractivity contribution in [3.05, 3.63) is 39.4 Å². The standard InChI is InChI=1S/C17H20N2O7/c1-11(15(20)18-6-4-3-5-7-18)26-17(22)13-8-12(16(21)25-2)9-14(10-13)19(23)24/h8-11H,3-7H2,1-2H3/t11-/m0/s1. The summed E-state index contributed by atoms with van der Waals surface area (Å²) >= 11 is 0. The Bertz CT molecular complexity index is 726. The van der Waals surface area contributed by atoms with Crippen molar-refractivity contribution in [2.45, 2.75) is 32.3 Å². The monoisotopic (exact) mass is 364 g/mol. The summed E-state index contributed by atoms with van der Waals surface area (Å²) in [5.41, 5.74) is -0.795. The van der Waals surface area contributed by atoms with E-state index < -0.39 is 28.7 Å². The van der Waals surface area contributed by atoms with Crippen molar-refractivity contribution in [1.29, 1.82) is 0 Å². The molecule has 0 unspecified atom stereocenters. The lowest BCUT2D eigenvalue weighted by Gasteiger charge is -2.28. The van der Waals surface area contributed by atoms with E-state index >= 15 is 0 Å². The molecule has 0 saturated carbocycles. The smallest absolute Gasteiger partial charge is 0.339 e. The van der Waals surface area contributed by atoms with Gasteiger partial charge in [-0.1, -0.05) is 0 Å². The van der Waals surface area contributed by atoms with Gasteiger partial charge in [0.1, 0.15) is 0 Å². The van der Waals surface area contributed by atoms with E-state index in [-0.39, 0.29) is 17.0 Å². The molecule has 9 heteroatoms. The Morgan fingerprint density at radius 1 is 1.08 bits per heavy atom. The minimum absolute atomic E-state index is 0.149. The van der Waals surface area contributed by atoms with Gasteiger partial charge in [0.25, 0.3) is 11.6 Å². The van der Waals surface area contributed by atoms with Crippen LogP contribution < -0.4 is 0 Å². The lowest BCUT2D eigenvalue weighted by molar-refractivity contribution is -0.384. The topological polar surface area (TPSA) is 116 Å². The Balaban J connectivity index is 2.17.